The predicted octanol–water partition coefficient (Wildman–Crippen LogP) is 6.02. The van der Waals surface area contributed by atoms with Gasteiger partial charge in [0, 0.05) is 22.8 Å². The quantitative estimate of drug-likeness (QED) is 0.484. The Kier molecular flexibility index (Phi) is 6.58. The first-order chi connectivity index (χ1) is 17.0. The summed E-state index contributed by atoms with van der Waals surface area (Å²) in [4.78, 5) is 38.5. The van der Waals surface area contributed by atoms with E-state index in [9.17, 15) is 19.6 Å². The molecule has 4 rings (SSSR count). The lowest BCUT2D eigenvalue weighted by molar-refractivity contribution is -0.132. The molecule has 2 saturated carbocycles. The zero-order valence-electron chi connectivity index (χ0n) is 23.8. The fraction of sp³-hybridized carbons (Fsp3) is 0.742. The summed E-state index contributed by atoms with van der Waals surface area (Å²) in [5, 5.41) is 12.9. The van der Waals surface area contributed by atoms with Crippen LogP contribution in [0.25, 0.3) is 0 Å². The molecule has 6 heteroatoms. The van der Waals surface area contributed by atoms with Crippen molar-refractivity contribution < 1.29 is 14.4 Å². The van der Waals surface area contributed by atoms with Crippen molar-refractivity contribution in [2.75, 3.05) is 0 Å². The molecule has 202 valence electrons. The summed E-state index contributed by atoms with van der Waals surface area (Å²) in [7, 11) is 0. The minimum atomic E-state index is -0.513. The highest BCUT2D eigenvalue weighted by molar-refractivity contribution is 6.02. The van der Waals surface area contributed by atoms with E-state index in [4.69, 9.17) is 5.73 Å². The van der Waals surface area contributed by atoms with Crippen LogP contribution in [0.2, 0.25) is 0 Å². The minimum absolute atomic E-state index is 0.0744. The number of amides is 2. The number of rotatable bonds is 4. The summed E-state index contributed by atoms with van der Waals surface area (Å²) in [6.45, 7) is 15.2. The van der Waals surface area contributed by atoms with E-state index in [2.05, 4.69) is 52.9 Å². The summed E-state index contributed by atoms with van der Waals surface area (Å²) in [5.41, 5.74) is 5.73. The maximum atomic E-state index is 13.6. The normalized spacial score (nSPS) is 40.4. The van der Waals surface area contributed by atoms with Crippen molar-refractivity contribution in [1.29, 1.82) is 5.26 Å². The van der Waals surface area contributed by atoms with E-state index in [0.717, 1.165) is 56.9 Å². The summed E-state index contributed by atoms with van der Waals surface area (Å²) < 4.78 is 0. The number of hydrogen-bond acceptors (Lipinski definition) is 4. The Bertz CT molecular complexity index is 1120. The number of allylic oxidation sites excluding steroid dienone is 4. The highest BCUT2D eigenvalue weighted by Crippen LogP contribution is 2.68. The molecule has 1 unspecified atom stereocenters. The lowest BCUT2D eigenvalue weighted by atomic mass is 9.40. The molecular formula is C31H45N3O3. The van der Waals surface area contributed by atoms with Crippen LogP contribution >= 0.6 is 0 Å². The molecule has 2 fully saturated rings. The summed E-state index contributed by atoms with van der Waals surface area (Å²) in [6, 6.07) is 1.66. The molecule has 4 aliphatic carbocycles. The number of fused-ring (bicyclic) bond motifs is 3. The number of carbonyl (C=O) groups is 3. The van der Waals surface area contributed by atoms with Crippen LogP contribution in [0, 0.1) is 50.7 Å². The number of carbonyl (C=O) groups excluding carboxylic acids is 3. The first-order valence-corrected chi connectivity index (χ1v) is 14.1. The van der Waals surface area contributed by atoms with Crippen molar-refractivity contribution in [3.8, 4) is 6.07 Å². The molecule has 0 aromatic carbocycles. The summed E-state index contributed by atoms with van der Waals surface area (Å²) in [6.07, 6.45) is 10.9. The molecule has 6 atom stereocenters. The molecule has 0 spiro atoms. The van der Waals surface area contributed by atoms with Crippen molar-refractivity contribution in [2.45, 2.75) is 105 Å². The average molecular weight is 508 g/mol. The Balaban J connectivity index is 1.74. The number of urea groups is 1. The van der Waals surface area contributed by atoms with E-state index < -0.39 is 11.4 Å². The smallest absolute Gasteiger partial charge is 0.312 e. The van der Waals surface area contributed by atoms with Gasteiger partial charge in [0.2, 0.25) is 0 Å². The van der Waals surface area contributed by atoms with Gasteiger partial charge >= 0.3 is 6.03 Å². The van der Waals surface area contributed by atoms with Crippen molar-refractivity contribution in [3.63, 3.8) is 0 Å². The van der Waals surface area contributed by atoms with Gasteiger partial charge < -0.3 is 11.1 Å². The van der Waals surface area contributed by atoms with Gasteiger partial charge in [-0.3, -0.25) is 9.59 Å². The molecule has 2 amide bonds. The molecule has 4 aliphatic rings. The van der Waals surface area contributed by atoms with E-state index >= 15 is 0 Å². The van der Waals surface area contributed by atoms with Crippen LogP contribution in [0.15, 0.2) is 23.3 Å². The van der Waals surface area contributed by atoms with Crippen LogP contribution in [0.1, 0.15) is 99.8 Å². The number of hydrogen-bond donors (Lipinski definition) is 2. The van der Waals surface area contributed by atoms with Crippen molar-refractivity contribution in [3.05, 3.63) is 23.3 Å². The second kappa shape index (κ2) is 8.82. The topological polar surface area (TPSA) is 113 Å². The molecule has 0 radical (unpaired) electrons. The molecule has 0 heterocycles. The number of nitrogens with zero attached hydrogens (tertiary/aromatic N) is 1. The van der Waals surface area contributed by atoms with Gasteiger partial charge in [-0.1, -0.05) is 60.1 Å². The third kappa shape index (κ3) is 4.17. The van der Waals surface area contributed by atoms with Crippen LogP contribution in [-0.4, -0.2) is 23.1 Å². The summed E-state index contributed by atoms with van der Waals surface area (Å²) >= 11 is 0. The van der Waals surface area contributed by atoms with Gasteiger partial charge in [0.25, 0.3) is 0 Å². The van der Waals surface area contributed by atoms with E-state index in [1.807, 2.05) is 19.1 Å². The Morgan fingerprint density at radius 3 is 2.24 bits per heavy atom. The minimum Gasteiger partial charge on any atom is -0.352 e. The van der Waals surface area contributed by atoms with Crippen LogP contribution in [-0.2, 0) is 9.59 Å². The third-order valence-electron chi connectivity index (χ3n) is 11.7. The average Bonchev–Trinajstić information content (AvgIpc) is 2.82. The first kappa shape index (κ1) is 27.6. The van der Waals surface area contributed by atoms with Crippen LogP contribution in [0.5, 0.6) is 0 Å². The van der Waals surface area contributed by atoms with E-state index in [1.54, 1.807) is 0 Å². The standard InChI is InChI=1S/C31H45N3O3/c1-19-22-8-9-30(7)24(28(22,5)17-21(18-32)25(19)36)16-23(35)20(2)29(30,6)12-15-31(34-26(33)37)13-10-27(3,4)11-14-31/h16-17,19-20,22H,8-15H2,1-7H3,(H3,33,34,37)/t19-,20?,22-,28-,29+,30+/m0/s1. The lowest BCUT2D eigenvalue weighted by Crippen LogP contribution is -2.59. The van der Waals surface area contributed by atoms with Gasteiger partial charge in [-0.2, -0.15) is 5.26 Å². The highest BCUT2D eigenvalue weighted by Gasteiger charge is 2.63. The first-order valence-electron chi connectivity index (χ1n) is 14.1. The van der Waals surface area contributed by atoms with Crippen molar-refractivity contribution >= 4 is 17.6 Å². The molecular weight excluding hydrogens is 462 g/mol. The number of nitrogens with two attached hydrogens (primary N) is 1. The molecule has 0 saturated heterocycles. The molecule has 37 heavy (non-hydrogen) atoms. The van der Waals surface area contributed by atoms with Crippen molar-refractivity contribution in [2.24, 2.45) is 45.1 Å². The number of nitriles is 1. The zero-order valence-corrected chi connectivity index (χ0v) is 23.8. The highest BCUT2D eigenvalue weighted by atomic mass is 16.2. The third-order valence-corrected chi connectivity index (χ3v) is 11.7. The SMILES string of the molecule is CC1C(=O)C=C2[C@@]3(C)C=C(C#N)C(=O)[C@@H](C)[C@@H]3CC[C@@]2(C)[C@]1(C)CCC1(NC(N)=O)CCC(C)(C)CC1. The fourth-order valence-electron chi connectivity index (χ4n) is 8.58. The van der Waals surface area contributed by atoms with Gasteiger partial charge in [-0.05, 0) is 79.6 Å². The van der Waals surface area contributed by atoms with Gasteiger partial charge in [0.05, 0.1) is 5.57 Å². The second-order valence-corrected chi connectivity index (χ2v) is 14.1. The largest absolute Gasteiger partial charge is 0.352 e. The monoisotopic (exact) mass is 507 g/mol. The van der Waals surface area contributed by atoms with Gasteiger partial charge in [0.1, 0.15) is 6.07 Å². The number of Topliss-reactive ketones (excluding diaryl/α,β-unsaturated/α-hetero) is 1. The maximum absolute atomic E-state index is 13.6. The zero-order chi connectivity index (χ0) is 27.6. The second-order valence-electron chi connectivity index (χ2n) is 14.1. The summed E-state index contributed by atoms with van der Waals surface area (Å²) in [5.74, 6) is -0.300. The van der Waals surface area contributed by atoms with E-state index in [-0.39, 0.29) is 56.7 Å². The lowest BCUT2D eigenvalue weighted by Gasteiger charge is -2.63. The fourth-order valence-corrected chi connectivity index (χ4v) is 8.58. The molecule has 6 nitrogen and oxygen atoms in total. The van der Waals surface area contributed by atoms with Gasteiger partial charge in [0.15, 0.2) is 11.6 Å². The Morgan fingerprint density at radius 2 is 1.68 bits per heavy atom. The Hall–Kier alpha value is -2.42. The molecule has 3 N–H and O–H groups in total. The molecule has 0 aromatic heterocycles. The number of ketones is 2. The number of primary amides is 1. The molecule has 0 aliphatic heterocycles. The Labute approximate surface area is 222 Å². The predicted molar refractivity (Wildman–Crippen MR) is 144 cm³/mol. The molecule has 0 bridgehead atoms. The van der Waals surface area contributed by atoms with Crippen molar-refractivity contribution in [1.82, 2.24) is 5.32 Å². The van der Waals surface area contributed by atoms with Crippen LogP contribution in [0.4, 0.5) is 4.79 Å². The van der Waals surface area contributed by atoms with Crippen LogP contribution in [0.3, 0.4) is 0 Å². The van der Waals surface area contributed by atoms with Gasteiger partial charge in [-0.15, -0.1) is 0 Å². The van der Waals surface area contributed by atoms with E-state index in [1.165, 1.54) is 0 Å². The van der Waals surface area contributed by atoms with Crippen LogP contribution < -0.4 is 11.1 Å². The Morgan fingerprint density at radius 1 is 1.05 bits per heavy atom. The number of nitrogens with one attached hydrogen (secondary N) is 1. The molecule has 0 aromatic rings. The van der Waals surface area contributed by atoms with E-state index in [0.29, 0.717) is 0 Å². The van der Waals surface area contributed by atoms with Gasteiger partial charge in [-0.25, -0.2) is 4.79 Å². The maximum Gasteiger partial charge on any atom is 0.312 e.